The summed E-state index contributed by atoms with van der Waals surface area (Å²) in [6, 6.07) is 10.3. The number of aryl methyl sites for hydroxylation is 1. The van der Waals surface area contributed by atoms with Crippen molar-refractivity contribution in [3.8, 4) is 0 Å². The lowest BCUT2D eigenvalue weighted by molar-refractivity contribution is -0.120. The van der Waals surface area contributed by atoms with Gasteiger partial charge in [0, 0.05) is 5.92 Å². The third-order valence-electron chi connectivity index (χ3n) is 3.45. The van der Waals surface area contributed by atoms with E-state index in [0.717, 1.165) is 19.3 Å². The minimum atomic E-state index is 0.177. The maximum Gasteiger partial charge on any atom is 0.133 e. The van der Waals surface area contributed by atoms with E-state index in [1.54, 1.807) is 13.0 Å². The zero-order valence-electron chi connectivity index (χ0n) is 16.5. The molecule has 0 saturated carbocycles. The van der Waals surface area contributed by atoms with Gasteiger partial charge < -0.3 is 0 Å². The largest absolute Gasteiger partial charge is 0.300 e. The van der Waals surface area contributed by atoms with Gasteiger partial charge in [0.2, 0.25) is 0 Å². The van der Waals surface area contributed by atoms with Gasteiger partial charge in [0.15, 0.2) is 0 Å². The van der Waals surface area contributed by atoms with Crippen molar-refractivity contribution in [2.45, 2.75) is 60.8 Å². The molecule has 1 aromatic carbocycles. The van der Waals surface area contributed by atoms with E-state index in [1.807, 2.05) is 51.1 Å². The van der Waals surface area contributed by atoms with Crippen molar-refractivity contribution in [1.29, 1.82) is 0 Å². The summed E-state index contributed by atoms with van der Waals surface area (Å²) < 4.78 is 0. The molecule has 1 atom stereocenters. The number of Topliss-reactive ketones (excluding diaryl/α,β-unsaturated/α-hetero) is 1. The fourth-order valence-electron chi connectivity index (χ4n) is 2.09. The maximum absolute atomic E-state index is 11.4. The molecular formula is C23H36O. The Morgan fingerprint density at radius 1 is 1.21 bits per heavy atom. The van der Waals surface area contributed by atoms with Crippen LogP contribution >= 0.6 is 0 Å². The molecule has 1 nitrogen and oxygen atoms in total. The minimum absolute atomic E-state index is 0.177. The molecular weight excluding hydrogens is 292 g/mol. The fraction of sp³-hybridized carbons (Fsp3) is 0.435. The van der Waals surface area contributed by atoms with Gasteiger partial charge in [-0.2, -0.15) is 0 Å². The van der Waals surface area contributed by atoms with Crippen LogP contribution in [0.5, 0.6) is 0 Å². The first kappa shape index (κ1) is 24.4. The van der Waals surface area contributed by atoms with E-state index < -0.39 is 0 Å². The standard InChI is InChI=1S/C14H22O.C7H8.C2H6/c1-5-8-10-13(7-3)11-14(9-6-2)12(4)15;1-7-5-3-2-4-6-7;1-2/h5,7-8,10,14H,1,6,9,11H2,2-4H3;2-6H,1H3;1-2H3/b10-8-,13-7+;;. The second-order valence-corrected chi connectivity index (χ2v) is 5.41. The molecule has 0 heterocycles. The second kappa shape index (κ2) is 17.5. The number of benzene rings is 1. The van der Waals surface area contributed by atoms with Crippen LogP contribution in [0.3, 0.4) is 0 Å². The van der Waals surface area contributed by atoms with Crippen molar-refractivity contribution < 1.29 is 4.79 Å². The highest BCUT2D eigenvalue weighted by Crippen LogP contribution is 2.19. The summed E-state index contributed by atoms with van der Waals surface area (Å²) in [6.45, 7) is 15.5. The van der Waals surface area contributed by atoms with Crippen LogP contribution in [0.25, 0.3) is 0 Å². The molecule has 24 heavy (non-hydrogen) atoms. The van der Waals surface area contributed by atoms with Crippen LogP contribution in [0.15, 0.2) is 66.8 Å². The molecule has 0 N–H and O–H groups in total. The third kappa shape index (κ3) is 13.8. The first-order chi connectivity index (χ1) is 11.5. The molecule has 0 saturated heterocycles. The van der Waals surface area contributed by atoms with Crippen molar-refractivity contribution in [1.82, 2.24) is 0 Å². The molecule has 0 spiro atoms. The van der Waals surface area contributed by atoms with Crippen LogP contribution in [0.4, 0.5) is 0 Å². The topological polar surface area (TPSA) is 17.1 Å². The number of carbonyl (C=O) groups is 1. The summed E-state index contributed by atoms with van der Waals surface area (Å²) in [5, 5.41) is 0. The van der Waals surface area contributed by atoms with Crippen LogP contribution in [-0.2, 0) is 4.79 Å². The van der Waals surface area contributed by atoms with Crippen molar-refractivity contribution in [2.75, 3.05) is 0 Å². The molecule has 0 fully saturated rings. The smallest absolute Gasteiger partial charge is 0.133 e. The average molecular weight is 329 g/mol. The molecule has 1 heteroatoms. The van der Waals surface area contributed by atoms with Crippen molar-refractivity contribution in [3.05, 3.63) is 72.4 Å². The summed E-state index contributed by atoms with van der Waals surface area (Å²) >= 11 is 0. The van der Waals surface area contributed by atoms with E-state index in [-0.39, 0.29) is 5.92 Å². The Labute approximate surface area is 150 Å². The van der Waals surface area contributed by atoms with Crippen LogP contribution in [0, 0.1) is 12.8 Å². The minimum Gasteiger partial charge on any atom is -0.300 e. The van der Waals surface area contributed by atoms with Crippen LogP contribution in [0.2, 0.25) is 0 Å². The first-order valence-electron chi connectivity index (χ1n) is 9.01. The summed E-state index contributed by atoms with van der Waals surface area (Å²) in [5.41, 5.74) is 2.53. The zero-order valence-corrected chi connectivity index (χ0v) is 16.5. The average Bonchev–Trinajstić information content (AvgIpc) is 2.60. The normalized spacial score (nSPS) is 11.7. The van der Waals surface area contributed by atoms with Gasteiger partial charge in [-0.05, 0) is 33.6 Å². The van der Waals surface area contributed by atoms with Gasteiger partial charge in [-0.3, -0.25) is 4.79 Å². The monoisotopic (exact) mass is 328 g/mol. The van der Waals surface area contributed by atoms with E-state index in [2.05, 4.69) is 38.6 Å². The highest BCUT2D eigenvalue weighted by Gasteiger charge is 2.13. The predicted molar refractivity (Wildman–Crippen MR) is 109 cm³/mol. The van der Waals surface area contributed by atoms with Crippen molar-refractivity contribution in [2.24, 2.45) is 5.92 Å². The van der Waals surface area contributed by atoms with Gasteiger partial charge in [0.05, 0.1) is 0 Å². The quantitative estimate of drug-likeness (QED) is 0.488. The Morgan fingerprint density at radius 2 is 1.79 bits per heavy atom. The predicted octanol–water partition coefficient (Wildman–Crippen LogP) is 7.09. The number of allylic oxidation sites excluding steroid dienone is 5. The highest BCUT2D eigenvalue weighted by atomic mass is 16.1. The first-order valence-corrected chi connectivity index (χ1v) is 9.01. The molecule has 0 radical (unpaired) electrons. The molecule has 0 aliphatic rings. The lowest BCUT2D eigenvalue weighted by Crippen LogP contribution is -2.11. The van der Waals surface area contributed by atoms with Gasteiger partial charge in [-0.25, -0.2) is 0 Å². The van der Waals surface area contributed by atoms with E-state index in [4.69, 9.17) is 0 Å². The Kier molecular flexibility index (Phi) is 17.7. The molecule has 0 amide bonds. The molecule has 0 aromatic heterocycles. The Balaban J connectivity index is 0. The molecule has 1 unspecified atom stereocenters. The lowest BCUT2D eigenvalue weighted by atomic mass is 9.91. The third-order valence-corrected chi connectivity index (χ3v) is 3.45. The number of ketones is 1. The molecule has 0 aliphatic carbocycles. The molecule has 134 valence electrons. The van der Waals surface area contributed by atoms with Gasteiger partial charge in [0.25, 0.3) is 0 Å². The van der Waals surface area contributed by atoms with Gasteiger partial charge in [-0.15, -0.1) is 0 Å². The molecule has 0 aliphatic heterocycles. The Hall–Kier alpha value is -1.89. The Morgan fingerprint density at radius 3 is 2.12 bits per heavy atom. The van der Waals surface area contributed by atoms with Crippen LogP contribution < -0.4 is 0 Å². The summed E-state index contributed by atoms with van der Waals surface area (Å²) in [7, 11) is 0. The van der Waals surface area contributed by atoms with Gasteiger partial charge in [-0.1, -0.05) is 99.5 Å². The van der Waals surface area contributed by atoms with Gasteiger partial charge in [0.1, 0.15) is 5.78 Å². The number of carbonyl (C=O) groups excluding carboxylic acids is 1. The van der Waals surface area contributed by atoms with Crippen LogP contribution in [-0.4, -0.2) is 5.78 Å². The fourth-order valence-corrected chi connectivity index (χ4v) is 2.09. The van der Waals surface area contributed by atoms with Crippen LogP contribution in [0.1, 0.15) is 59.4 Å². The van der Waals surface area contributed by atoms with E-state index in [1.165, 1.54) is 11.1 Å². The Bertz CT molecular complexity index is 480. The van der Waals surface area contributed by atoms with Crippen molar-refractivity contribution >= 4 is 5.78 Å². The van der Waals surface area contributed by atoms with E-state index in [0.29, 0.717) is 5.78 Å². The second-order valence-electron chi connectivity index (χ2n) is 5.41. The van der Waals surface area contributed by atoms with Gasteiger partial charge >= 0.3 is 0 Å². The summed E-state index contributed by atoms with van der Waals surface area (Å²) in [5.74, 6) is 0.471. The molecule has 1 aromatic rings. The SMILES string of the molecule is C=C/C=C\C(=C/C)CC(CCC)C(C)=O.CC.Cc1ccccc1. The van der Waals surface area contributed by atoms with Crippen molar-refractivity contribution in [3.63, 3.8) is 0 Å². The summed E-state index contributed by atoms with van der Waals surface area (Å²) in [4.78, 5) is 11.4. The number of hydrogen-bond donors (Lipinski definition) is 0. The molecule has 1 rings (SSSR count). The number of rotatable bonds is 7. The highest BCUT2D eigenvalue weighted by molar-refractivity contribution is 5.78. The van der Waals surface area contributed by atoms with E-state index in [9.17, 15) is 4.79 Å². The zero-order chi connectivity index (χ0) is 18.8. The van der Waals surface area contributed by atoms with E-state index >= 15 is 0 Å². The summed E-state index contributed by atoms with van der Waals surface area (Å²) in [6.07, 6.45) is 10.7. The lowest BCUT2D eigenvalue weighted by Gasteiger charge is -2.12. The molecule has 0 bridgehead atoms. The number of hydrogen-bond acceptors (Lipinski definition) is 1. The maximum atomic E-state index is 11.4.